The average molecular weight is 271 g/mol. The molecule has 0 aromatic heterocycles. The van der Waals surface area contributed by atoms with Gasteiger partial charge in [0.15, 0.2) is 0 Å². The van der Waals surface area contributed by atoms with Gasteiger partial charge in [-0.3, -0.25) is 9.59 Å². The van der Waals surface area contributed by atoms with Crippen molar-refractivity contribution in [2.24, 2.45) is 11.3 Å². The van der Waals surface area contributed by atoms with Crippen LogP contribution in [0.15, 0.2) is 0 Å². The van der Waals surface area contributed by atoms with E-state index in [9.17, 15) is 9.59 Å². The summed E-state index contributed by atoms with van der Waals surface area (Å²) in [5.74, 6) is -0.495. The lowest BCUT2D eigenvalue weighted by Gasteiger charge is -2.56. The van der Waals surface area contributed by atoms with Crippen LogP contribution in [0.25, 0.3) is 0 Å². The molecule has 0 heterocycles. The van der Waals surface area contributed by atoms with Crippen molar-refractivity contribution in [2.75, 3.05) is 7.11 Å². The van der Waals surface area contributed by atoms with E-state index in [1.165, 1.54) is 0 Å². The lowest BCUT2D eigenvalue weighted by molar-refractivity contribution is -0.154. The van der Waals surface area contributed by atoms with E-state index in [1.807, 2.05) is 0 Å². The highest BCUT2D eigenvalue weighted by Crippen LogP contribution is 2.46. The molecule has 3 atom stereocenters. The Balaban J connectivity index is 2.31. The highest BCUT2D eigenvalue weighted by molar-refractivity contribution is 5.76. The molecule has 1 amide bonds. The second-order valence-electron chi connectivity index (χ2n) is 5.98. The predicted octanol–water partition coefficient (Wildman–Crippen LogP) is 1.81. The number of carboxylic acid groups (broad SMARTS) is 1. The van der Waals surface area contributed by atoms with E-state index in [0.29, 0.717) is 25.2 Å². The van der Waals surface area contributed by atoms with E-state index in [-0.39, 0.29) is 29.9 Å². The molecule has 1 aliphatic rings. The Morgan fingerprint density at radius 3 is 2.32 bits per heavy atom. The van der Waals surface area contributed by atoms with Crippen LogP contribution in [-0.4, -0.2) is 36.2 Å². The van der Waals surface area contributed by atoms with Crippen LogP contribution in [0.4, 0.5) is 0 Å². The molecule has 110 valence electrons. The average Bonchev–Trinajstić information content (AvgIpc) is 2.31. The number of hydrogen-bond donors (Lipinski definition) is 2. The van der Waals surface area contributed by atoms with Gasteiger partial charge in [0.1, 0.15) is 0 Å². The summed E-state index contributed by atoms with van der Waals surface area (Å²) in [5.41, 5.74) is -0.0507. The van der Waals surface area contributed by atoms with Gasteiger partial charge < -0.3 is 15.2 Å². The van der Waals surface area contributed by atoms with Crippen LogP contribution in [-0.2, 0) is 14.3 Å². The first kappa shape index (κ1) is 16.0. The zero-order valence-corrected chi connectivity index (χ0v) is 12.2. The molecule has 0 radical (unpaired) electrons. The number of carbonyl (C=O) groups is 2. The first-order valence-corrected chi connectivity index (χ1v) is 6.84. The molecule has 1 aliphatic carbocycles. The van der Waals surface area contributed by atoms with Crippen LogP contribution in [0.1, 0.15) is 46.5 Å². The molecule has 0 bridgehead atoms. The van der Waals surface area contributed by atoms with Gasteiger partial charge in [-0.1, -0.05) is 20.8 Å². The van der Waals surface area contributed by atoms with Gasteiger partial charge in [-0.25, -0.2) is 0 Å². The summed E-state index contributed by atoms with van der Waals surface area (Å²) in [6, 6.07) is 0.129. The maximum absolute atomic E-state index is 11.8. The minimum Gasteiger partial charge on any atom is -0.481 e. The van der Waals surface area contributed by atoms with Crippen molar-refractivity contribution in [1.29, 1.82) is 0 Å². The van der Waals surface area contributed by atoms with Crippen molar-refractivity contribution in [1.82, 2.24) is 5.32 Å². The lowest BCUT2D eigenvalue weighted by Crippen LogP contribution is -2.67. The quantitative estimate of drug-likeness (QED) is 0.692. The highest BCUT2D eigenvalue weighted by atomic mass is 16.5. The largest absolute Gasteiger partial charge is 0.481 e. The van der Waals surface area contributed by atoms with E-state index in [2.05, 4.69) is 26.1 Å². The van der Waals surface area contributed by atoms with Crippen molar-refractivity contribution in [3.05, 3.63) is 0 Å². The van der Waals surface area contributed by atoms with E-state index in [1.54, 1.807) is 7.11 Å². The fraction of sp³-hybridized carbons (Fsp3) is 0.857. The van der Waals surface area contributed by atoms with Crippen molar-refractivity contribution in [3.8, 4) is 0 Å². The van der Waals surface area contributed by atoms with E-state index in [4.69, 9.17) is 9.84 Å². The standard InChI is InChI=1S/C14H25NO4/c1-9-12(14(2,3)13(9)19-4)15-10(16)7-5-6-8-11(17)18/h9,12-13H,5-8H2,1-4H3,(H,15,16)(H,17,18). The fourth-order valence-corrected chi connectivity index (χ4v) is 3.23. The van der Waals surface area contributed by atoms with Crippen LogP contribution >= 0.6 is 0 Å². The SMILES string of the molecule is COC1C(C)C(NC(=O)CCCCC(=O)O)C1(C)C. The van der Waals surface area contributed by atoms with Gasteiger partial charge in [0.2, 0.25) is 5.91 Å². The molecule has 0 aromatic carbocycles. The monoisotopic (exact) mass is 271 g/mol. The molecule has 0 spiro atoms. The number of amides is 1. The zero-order chi connectivity index (χ0) is 14.6. The Kier molecular flexibility index (Phi) is 5.35. The fourth-order valence-electron chi connectivity index (χ4n) is 3.23. The first-order chi connectivity index (χ1) is 8.80. The predicted molar refractivity (Wildman–Crippen MR) is 71.8 cm³/mol. The Morgan fingerprint density at radius 1 is 1.26 bits per heavy atom. The Morgan fingerprint density at radius 2 is 1.84 bits per heavy atom. The second kappa shape index (κ2) is 6.37. The number of nitrogens with one attached hydrogen (secondary N) is 1. The first-order valence-electron chi connectivity index (χ1n) is 6.84. The van der Waals surface area contributed by atoms with Crippen LogP contribution < -0.4 is 5.32 Å². The molecule has 19 heavy (non-hydrogen) atoms. The summed E-state index contributed by atoms with van der Waals surface area (Å²) >= 11 is 0. The van der Waals surface area contributed by atoms with Gasteiger partial charge in [-0.15, -0.1) is 0 Å². The van der Waals surface area contributed by atoms with Gasteiger partial charge in [0.25, 0.3) is 0 Å². The molecule has 0 saturated heterocycles. The molecule has 5 nitrogen and oxygen atoms in total. The molecule has 2 N–H and O–H groups in total. The van der Waals surface area contributed by atoms with Crippen LogP contribution in [0.3, 0.4) is 0 Å². The zero-order valence-electron chi connectivity index (χ0n) is 12.2. The highest BCUT2D eigenvalue weighted by Gasteiger charge is 2.55. The third-order valence-electron chi connectivity index (χ3n) is 4.15. The molecule has 5 heteroatoms. The molecule has 1 saturated carbocycles. The maximum Gasteiger partial charge on any atom is 0.303 e. The van der Waals surface area contributed by atoms with E-state index in [0.717, 1.165) is 0 Å². The molecule has 0 aliphatic heterocycles. The van der Waals surface area contributed by atoms with Crippen molar-refractivity contribution in [3.63, 3.8) is 0 Å². The van der Waals surface area contributed by atoms with Gasteiger partial charge >= 0.3 is 5.97 Å². The summed E-state index contributed by atoms with van der Waals surface area (Å²) in [5, 5.41) is 11.6. The van der Waals surface area contributed by atoms with Crippen LogP contribution in [0.2, 0.25) is 0 Å². The summed E-state index contributed by atoms with van der Waals surface area (Å²) in [6.45, 7) is 6.27. The third-order valence-corrected chi connectivity index (χ3v) is 4.15. The maximum atomic E-state index is 11.8. The number of methoxy groups -OCH3 is 1. The van der Waals surface area contributed by atoms with Gasteiger partial charge in [-0.05, 0) is 12.8 Å². The number of aliphatic carboxylic acids is 1. The molecular weight excluding hydrogens is 246 g/mol. The molecular formula is C14H25NO4. The topological polar surface area (TPSA) is 75.6 Å². The molecule has 1 rings (SSSR count). The van der Waals surface area contributed by atoms with Crippen molar-refractivity contribution >= 4 is 11.9 Å². The Bertz CT molecular complexity index is 340. The van der Waals surface area contributed by atoms with Crippen molar-refractivity contribution in [2.45, 2.75) is 58.6 Å². The summed E-state index contributed by atoms with van der Waals surface area (Å²) in [7, 11) is 1.70. The number of ether oxygens (including phenoxy) is 1. The molecule has 3 unspecified atom stereocenters. The summed E-state index contributed by atoms with van der Waals surface area (Å²) in [6.07, 6.45) is 1.86. The van der Waals surface area contributed by atoms with Crippen molar-refractivity contribution < 1.29 is 19.4 Å². The van der Waals surface area contributed by atoms with Gasteiger partial charge in [-0.2, -0.15) is 0 Å². The number of carboxylic acids is 1. The lowest BCUT2D eigenvalue weighted by atomic mass is 9.58. The van der Waals surface area contributed by atoms with E-state index < -0.39 is 5.97 Å². The molecule has 1 fully saturated rings. The molecule has 0 aromatic rings. The second-order valence-corrected chi connectivity index (χ2v) is 5.98. The van der Waals surface area contributed by atoms with Crippen LogP contribution in [0, 0.1) is 11.3 Å². The number of carbonyl (C=O) groups excluding carboxylic acids is 1. The Labute approximate surface area is 114 Å². The number of rotatable bonds is 7. The minimum absolute atomic E-state index is 0.00451. The Hall–Kier alpha value is -1.10. The number of unbranched alkanes of at least 4 members (excludes halogenated alkanes) is 1. The van der Waals surface area contributed by atoms with E-state index >= 15 is 0 Å². The smallest absolute Gasteiger partial charge is 0.303 e. The third kappa shape index (κ3) is 3.69. The van der Waals surface area contributed by atoms with Gasteiger partial charge in [0, 0.05) is 37.3 Å². The number of hydrogen-bond acceptors (Lipinski definition) is 3. The summed E-state index contributed by atoms with van der Waals surface area (Å²) in [4.78, 5) is 22.2. The van der Waals surface area contributed by atoms with Gasteiger partial charge in [0.05, 0.1) is 6.10 Å². The summed E-state index contributed by atoms with van der Waals surface area (Å²) < 4.78 is 5.43. The normalized spacial score (nSPS) is 28.5. The minimum atomic E-state index is -0.808. The van der Waals surface area contributed by atoms with Crippen LogP contribution in [0.5, 0.6) is 0 Å².